The maximum Gasteiger partial charge on any atom is 0.490 e. The maximum atomic E-state index is 13.6. The molecule has 10 nitrogen and oxygen atoms in total. The van der Waals surface area contributed by atoms with Crippen LogP contribution < -0.4 is 5.73 Å². The second-order valence-electron chi connectivity index (χ2n) is 9.01. The minimum Gasteiger partial charge on any atom is -0.475 e. The minimum atomic E-state index is -5.08. The molecule has 0 saturated carbocycles. The molecule has 1 saturated heterocycles. The summed E-state index contributed by atoms with van der Waals surface area (Å²) in [5.41, 5.74) is 9.23. The molecular formula is C24H25F5N6O4. The van der Waals surface area contributed by atoms with Crippen molar-refractivity contribution in [1.29, 1.82) is 0 Å². The molecule has 3 heterocycles. The Hall–Kier alpha value is -4.14. The highest BCUT2D eigenvalue weighted by Gasteiger charge is 2.44. The van der Waals surface area contributed by atoms with Crippen molar-refractivity contribution in [2.24, 2.45) is 5.73 Å². The van der Waals surface area contributed by atoms with Crippen LogP contribution in [-0.2, 0) is 14.4 Å². The zero-order chi connectivity index (χ0) is 29.1. The number of carbonyl (C=O) groups excluding carboxylic acids is 2. The SMILES string of the molecule is CN(C)C(=O)[C@@H](c1ccc(-c2ccc3ncnn3c2)cc1)[C@H](N)C(=O)N1CCC(F)(F)C1.O=C(O)C(F)(F)F. The number of likely N-dealkylation sites (tertiary alicyclic amines) is 1. The average molecular weight is 556 g/mol. The lowest BCUT2D eigenvalue weighted by molar-refractivity contribution is -0.192. The summed E-state index contributed by atoms with van der Waals surface area (Å²) in [5.74, 6) is -7.69. The van der Waals surface area contributed by atoms with E-state index in [1.165, 1.54) is 11.2 Å². The second-order valence-corrected chi connectivity index (χ2v) is 9.01. The van der Waals surface area contributed by atoms with E-state index in [-0.39, 0.29) is 12.5 Å². The first kappa shape index (κ1) is 29.4. The van der Waals surface area contributed by atoms with Gasteiger partial charge in [0.15, 0.2) is 5.65 Å². The third kappa shape index (κ3) is 7.04. The fourth-order valence-electron chi connectivity index (χ4n) is 3.93. The highest BCUT2D eigenvalue weighted by molar-refractivity contribution is 5.93. The Kier molecular flexibility index (Phi) is 8.53. The number of benzene rings is 1. The van der Waals surface area contributed by atoms with Crippen molar-refractivity contribution in [3.63, 3.8) is 0 Å². The number of carboxylic acid groups (broad SMARTS) is 1. The van der Waals surface area contributed by atoms with E-state index in [9.17, 15) is 31.5 Å². The Labute approximate surface area is 218 Å². The van der Waals surface area contributed by atoms with E-state index in [1.807, 2.05) is 30.5 Å². The first-order valence-electron chi connectivity index (χ1n) is 11.4. The molecule has 2 amide bonds. The standard InChI is InChI=1S/C22H24F2N6O2.C2HF3O2/c1-28(2)20(31)18(19(25)21(32)29-10-9-22(23,24)12-29)15-5-3-14(4-6-15)16-7-8-17-26-13-27-30(17)11-16;3-2(4,5)1(6)7/h3-8,11,13,18-19H,9-10,12,25H2,1-2H3;(H,6,7)/t18-,19-;/m0./s1. The molecule has 3 aromatic rings. The van der Waals surface area contributed by atoms with Crippen LogP contribution in [0.2, 0.25) is 0 Å². The normalized spacial score (nSPS) is 16.3. The summed E-state index contributed by atoms with van der Waals surface area (Å²) < 4.78 is 60.6. The van der Waals surface area contributed by atoms with Crippen LogP contribution >= 0.6 is 0 Å². The number of nitrogens with zero attached hydrogens (tertiary/aromatic N) is 5. The van der Waals surface area contributed by atoms with Gasteiger partial charge in [-0.15, -0.1) is 0 Å². The summed E-state index contributed by atoms with van der Waals surface area (Å²) in [5, 5.41) is 11.3. The molecular weight excluding hydrogens is 531 g/mol. The van der Waals surface area contributed by atoms with Gasteiger partial charge in [-0.25, -0.2) is 23.1 Å². The van der Waals surface area contributed by atoms with Crippen LogP contribution in [0.4, 0.5) is 22.0 Å². The predicted molar refractivity (Wildman–Crippen MR) is 128 cm³/mol. The molecule has 39 heavy (non-hydrogen) atoms. The van der Waals surface area contributed by atoms with E-state index in [1.54, 1.807) is 30.7 Å². The number of amides is 2. The van der Waals surface area contributed by atoms with Gasteiger partial charge in [-0.05, 0) is 23.3 Å². The van der Waals surface area contributed by atoms with Gasteiger partial charge >= 0.3 is 12.1 Å². The number of rotatable bonds is 5. The molecule has 0 bridgehead atoms. The van der Waals surface area contributed by atoms with Gasteiger partial charge in [-0.3, -0.25) is 9.59 Å². The molecule has 0 spiro atoms. The molecule has 2 aromatic heterocycles. The number of aliphatic carboxylic acids is 1. The topological polar surface area (TPSA) is 134 Å². The van der Waals surface area contributed by atoms with Crippen LogP contribution in [0.15, 0.2) is 48.9 Å². The molecule has 210 valence electrons. The molecule has 0 aliphatic carbocycles. The monoisotopic (exact) mass is 556 g/mol. The van der Waals surface area contributed by atoms with E-state index >= 15 is 0 Å². The van der Waals surface area contributed by atoms with Crippen LogP contribution in [0.3, 0.4) is 0 Å². The van der Waals surface area contributed by atoms with Crippen LogP contribution in [0.1, 0.15) is 17.9 Å². The largest absolute Gasteiger partial charge is 0.490 e. The van der Waals surface area contributed by atoms with Crippen LogP contribution in [0, 0.1) is 0 Å². The highest BCUT2D eigenvalue weighted by atomic mass is 19.4. The first-order chi connectivity index (χ1) is 18.1. The van der Waals surface area contributed by atoms with Gasteiger partial charge in [0.25, 0.3) is 5.92 Å². The van der Waals surface area contributed by atoms with E-state index in [4.69, 9.17) is 15.6 Å². The van der Waals surface area contributed by atoms with Gasteiger partial charge in [0.2, 0.25) is 11.8 Å². The van der Waals surface area contributed by atoms with Crippen molar-refractivity contribution in [3.8, 4) is 11.1 Å². The Bertz CT molecular complexity index is 1340. The molecule has 1 aromatic carbocycles. The molecule has 2 atom stereocenters. The molecule has 3 N–H and O–H groups in total. The van der Waals surface area contributed by atoms with Crippen molar-refractivity contribution in [2.45, 2.75) is 30.5 Å². The fraction of sp³-hybridized carbons (Fsp3) is 0.375. The lowest BCUT2D eigenvalue weighted by Crippen LogP contribution is -2.50. The number of pyridine rings is 1. The zero-order valence-electron chi connectivity index (χ0n) is 20.8. The number of nitrogens with two attached hydrogens (primary N) is 1. The second kappa shape index (κ2) is 11.3. The molecule has 4 rings (SSSR count). The Balaban J connectivity index is 0.000000532. The average Bonchev–Trinajstić information content (AvgIpc) is 3.49. The van der Waals surface area contributed by atoms with Gasteiger partial charge in [-0.1, -0.05) is 24.3 Å². The fourth-order valence-corrected chi connectivity index (χ4v) is 3.93. The van der Waals surface area contributed by atoms with Gasteiger partial charge in [0.05, 0.1) is 12.5 Å². The molecule has 0 unspecified atom stereocenters. The minimum absolute atomic E-state index is 0.0773. The lowest BCUT2D eigenvalue weighted by atomic mass is 9.88. The van der Waals surface area contributed by atoms with Crippen molar-refractivity contribution in [1.82, 2.24) is 24.4 Å². The number of carboxylic acids is 1. The lowest BCUT2D eigenvalue weighted by Gasteiger charge is -2.28. The number of alkyl halides is 5. The van der Waals surface area contributed by atoms with E-state index in [2.05, 4.69) is 10.1 Å². The van der Waals surface area contributed by atoms with Crippen LogP contribution in [0.25, 0.3) is 16.8 Å². The van der Waals surface area contributed by atoms with Crippen molar-refractivity contribution >= 4 is 23.4 Å². The number of likely N-dealkylation sites (N-methyl/N-ethyl adjacent to an activating group) is 1. The number of fused-ring (bicyclic) bond motifs is 1. The van der Waals surface area contributed by atoms with Crippen molar-refractivity contribution < 1.29 is 41.4 Å². The molecule has 1 aliphatic heterocycles. The number of hydrogen-bond acceptors (Lipinski definition) is 6. The van der Waals surface area contributed by atoms with Crippen LogP contribution in [0.5, 0.6) is 0 Å². The number of hydrogen-bond donors (Lipinski definition) is 2. The smallest absolute Gasteiger partial charge is 0.475 e. The van der Waals surface area contributed by atoms with E-state index < -0.39 is 48.9 Å². The third-order valence-corrected chi connectivity index (χ3v) is 5.95. The van der Waals surface area contributed by atoms with E-state index in [0.29, 0.717) is 5.56 Å². The first-order valence-corrected chi connectivity index (χ1v) is 11.4. The summed E-state index contributed by atoms with van der Waals surface area (Å²) in [6.45, 7) is -0.752. The van der Waals surface area contributed by atoms with Crippen molar-refractivity contribution in [3.05, 3.63) is 54.5 Å². The summed E-state index contributed by atoms with van der Waals surface area (Å²) in [7, 11) is 3.14. The summed E-state index contributed by atoms with van der Waals surface area (Å²) >= 11 is 0. The summed E-state index contributed by atoms with van der Waals surface area (Å²) in [4.78, 5) is 41.2. The van der Waals surface area contributed by atoms with Crippen molar-refractivity contribution in [2.75, 3.05) is 27.2 Å². The quantitative estimate of drug-likeness (QED) is 0.461. The Morgan fingerprint density at radius 3 is 2.18 bits per heavy atom. The Morgan fingerprint density at radius 2 is 1.67 bits per heavy atom. The summed E-state index contributed by atoms with van der Waals surface area (Å²) in [6, 6.07) is 9.60. The highest BCUT2D eigenvalue weighted by Crippen LogP contribution is 2.30. The molecule has 1 fully saturated rings. The number of halogens is 5. The molecule has 1 aliphatic rings. The third-order valence-electron chi connectivity index (χ3n) is 5.95. The molecule has 15 heteroatoms. The van der Waals surface area contributed by atoms with Gasteiger partial charge < -0.3 is 20.6 Å². The predicted octanol–water partition coefficient (Wildman–Crippen LogP) is 2.40. The summed E-state index contributed by atoms with van der Waals surface area (Å²) in [6.07, 6.45) is -2.18. The van der Waals surface area contributed by atoms with Gasteiger partial charge in [0, 0.05) is 38.8 Å². The molecule has 0 radical (unpaired) electrons. The van der Waals surface area contributed by atoms with Gasteiger partial charge in [0.1, 0.15) is 12.4 Å². The van der Waals surface area contributed by atoms with Crippen LogP contribution in [-0.4, -0.2) is 92.6 Å². The van der Waals surface area contributed by atoms with Gasteiger partial charge in [-0.2, -0.15) is 18.3 Å². The van der Waals surface area contributed by atoms with E-state index in [0.717, 1.165) is 21.7 Å². The number of carbonyl (C=O) groups is 3. The number of aromatic nitrogens is 3. The zero-order valence-corrected chi connectivity index (χ0v) is 20.8. The maximum absolute atomic E-state index is 13.6. The Morgan fingerprint density at radius 1 is 1.08 bits per heavy atom.